The number of aromatic nitrogens is 2. The van der Waals surface area contributed by atoms with Crippen LogP contribution in [-0.2, 0) is 32.0 Å². The maximum absolute atomic E-state index is 13.3. The lowest BCUT2D eigenvalue weighted by Gasteiger charge is -2.29. The molecule has 1 aliphatic heterocycles. The second-order valence-electron chi connectivity index (χ2n) is 7.88. The van der Waals surface area contributed by atoms with Crippen LogP contribution >= 0.6 is 0 Å². The molecule has 170 valence electrons. The molecule has 5 N–H and O–H groups in total. The van der Waals surface area contributed by atoms with Crippen LogP contribution in [0, 0.1) is 0 Å². The van der Waals surface area contributed by atoms with E-state index in [-0.39, 0.29) is 18.7 Å². The van der Waals surface area contributed by atoms with Crippen molar-refractivity contribution >= 4 is 23.6 Å². The summed E-state index contributed by atoms with van der Waals surface area (Å²) in [6.07, 6.45) is 4.63. The number of nitrogens with one attached hydrogen (secondary N) is 3. The van der Waals surface area contributed by atoms with E-state index in [1.165, 1.54) is 18.2 Å². The third-order valence-corrected chi connectivity index (χ3v) is 5.43. The topological polar surface area (TPSA) is 150 Å². The van der Waals surface area contributed by atoms with Gasteiger partial charge in [0.2, 0.25) is 23.6 Å². The van der Waals surface area contributed by atoms with Crippen LogP contribution in [0.4, 0.5) is 0 Å². The Labute approximate surface area is 186 Å². The van der Waals surface area contributed by atoms with Crippen LogP contribution < -0.4 is 16.4 Å². The van der Waals surface area contributed by atoms with Gasteiger partial charge in [-0.25, -0.2) is 4.98 Å². The molecule has 0 radical (unpaired) electrons. The molecule has 1 aliphatic rings. The van der Waals surface area contributed by atoms with Gasteiger partial charge in [-0.15, -0.1) is 0 Å². The van der Waals surface area contributed by atoms with Crippen molar-refractivity contribution in [3.8, 4) is 0 Å². The average Bonchev–Trinajstić information content (AvgIpc) is 3.45. The lowest BCUT2D eigenvalue weighted by Crippen LogP contribution is -2.57. The summed E-state index contributed by atoms with van der Waals surface area (Å²) in [5.41, 5.74) is 6.99. The standard InChI is InChI=1S/C22H28N6O4/c1-14(29)26-17(10-15-6-3-2-4-7-15)21(31)27-18(11-16-12-24-13-25-16)22(32)28-9-5-8-19(28)20(23)30/h2-4,6-7,12-13,17-19H,5,8-11H2,1H3,(H2,23,30)(H,24,25)(H,26,29)(H,27,31)/t17-,18+,19-/m1/s1. The van der Waals surface area contributed by atoms with Gasteiger partial charge in [-0.05, 0) is 18.4 Å². The van der Waals surface area contributed by atoms with Crippen molar-refractivity contribution in [1.82, 2.24) is 25.5 Å². The molecule has 1 fully saturated rings. The molecule has 3 rings (SSSR count). The summed E-state index contributed by atoms with van der Waals surface area (Å²) in [4.78, 5) is 58.3. The molecular formula is C22H28N6O4. The highest BCUT2D eigenvalue weighted by Crippen LogP contribution is 2.19. The highest BCUT2D eigenvalue weighted by molar-refractivity contribution is 5.94. The Morgan fingerprint density at radius 3 is 2.53 bits per heavy atom. The average molecular weight is 441 g/mol. The van der Waals surface area contributed by atoms with Crippen molar-refractivity contribution in [3.05, 3.63) is 54.1 Å². The Morgan fingerprint density at radius 1 is 1.16 bits per heavy atom. The number of primary amides is 1. The highest BCUT2D eigenvalue weighted by atomic mass is 16.2. The molecule has 2 aromatic rings. The summed E-state index contributed by atoms with van der Waals surface area (Å²) < 4.78 is 0. The number of hydrogen-bond acceptors (Lipinski definition) is 5. The van der Waals surface area contributed by atoms with E-state index in [1.54, 1.807) is 6.20 Å². The van der Waals surface area contributed by atoms with Crippen LogP contribution in [0.1, 0.15) is 31.0 Å². The van der Waals surface area contributed by atoms with Crippen LogP contribution in [0.25, 0.3) is 0 Å². The normalized spacial score (nSPS) is 17.4. The molecule has 2 heterocycles. The zero-order valence-electron chi connectivity index (χ0n) is 17.9. The van der Waals surface area contributed by atoms with E-state index in [2.05, 4.69) is 20.6 Å². The predicted octanol–water partition coefficient (Wildman–Crippen LogP) is -0.339. The summed E-state index contributed by atoms with van der Waals surface area (Å²) in [6.45, 7) is 1.72. The van der Waals surface area contributed by atoms with Crippen molar-refractivity contribution in [3.63, 3.8) is 0 Å². The van der Waals surface area contributed by atoms with Crippen LogP contribution in [0.3, 0.4) is 0 Å². The van der Waals surface area contributed by atoms with E-state index >= 15 is 0 Å². The molecule has 0 aliphatic carbocycles. The minimum absolute atomic E-state index is 0.157. The predicted molar refractivity (Wildman–Crippen MR) is 116 cm³/mol. The van der Waals surface area contributed by atoms with E-state index in [9.17, 15) is 19.2 Å². The van der Waals surface area contributed by atoms with E-state index in [4.69, 9.17) is 5.73 Å². The van der Waals surface area contributed by atoms with Crippen molar-refractivity contribution in [1.29, 1.82) is 0 Å². The zero-order valence-corrected chi connectivity index (χ0v) is 17.9. The SMILES string of the molecule is CC(=O)N[C@H](Cc1ccccc1)C(=O)N[C@@H](Cc1cnc[nH]1)C(=O)N1CCC[C@@H]1C(N)=O. The first-order valence-corrected chi connectivity index (χ1v) is 10.5. The fourth-order valence-electron chi connectivity index (χ4n) is 3.92. The van der Waals surface area contributed by atoms with Gasteiger partial charge in [0, 0.05) is 38.2 Å². The van der Waals surface area contributed by atoms with Crippen molar-refractivity contribution < 1.29 is 19.2 Å². The number of carbonyl (C=O) groups excluding carboxylic acids is 4. The number of hydrogen-bond donors (Lipinski definition) is 4. The fourth-order valence-corrected chi connectivity index (χ4v) is 3.92. The molecule has 0 bridgehead atoms. The van der Waals surface area contributed by atoms with Crippen LogP contribution in [0.15, 0.2) is 42.9 Å². The Kier molecular flexibility index (Phi) is 7.58. The summed E-state index contributed by atoms with van der Waals surface area (Å²) >= 11 is 0. The minimum Gasteiger partial charge on any atom is -0.368 e. The quantitative estimate of drug-likeness (QED) is 0.421. The van der Waals surface area contributed by atoms with Gasteiger partial charge in [-0.2, -0.15) is 0 Å². The van der Waals surface area contributed by atoms with Gasteiger partial charge in [0.25, 0.3) is 0 Å². The molecule has 3 atom stereocenters. The smallest absolute Gasteiger partial charge is 0.246 e. The van der Waals surface area contributed by atoms with E-state index in [0.717, 1.165) is 5.56 Å². The second-order valence-corrected chi connectivity index (χ2v) is 7.88. The maximum atomic E-state index is 13.3. The third kappa shape index (κ3) is 5.93. The highest BCUT2D eigenvalue weighted by Gasteiger charge is 2.37. The largest absolute Gasteiger partial charge is 0.368 e. The van der Waals surface area contributed by atoms with Gasteiger partial charge in [0.1, 0.15) is 18.1 Å². The Balaban J connectivity index is 1.79. The molecule has 10 heteroatoms. The summed E-state index contributed by atoms with van der Waals surface area (Å²) in [6, 6.07) is 6.77. The number of likely N-dealkylation sites (tertiary alicyclic amines) is 1. The number of rotatable bonds is 9. The monoisotopic (exact) mass is 440 g/mol. The number of H-pyrrole nitrogens is 1. The van der Waals surface area contributed by atoms with Crippen molar-refractivity contribution in [2.24, 2.45) is 5.73 Å². The number of nitrogens with two attached hydrogens (primary N) is 1. The van der Waals surface area contributed by atoms with Gasteiger partial charge in [-0.1, -0.05) is 30.3 Å². The molecule has 0 unspecified atom stereocenters. The van der Waals surface area contributed by atoms with E-state index < -0.39 is 35.8 Å². The van der Waals surface area contributed by atoms with Gasteiger partial charge in [-0.3, -0.25) is 19.2 Å². The van der Waals surface area contributed by atoms with Crippen molar-refractivity contribution in [2.75, 3.05) is 6.54 Å². The number of benzene rings is 1. The van der Waals surface area contributed by atoms with Gasteiger partial charge < -0.3 is 26.3 Å². The molecule has 32 heavy (non-hydrogen) atoms. The Morgan fingerprint density at radius 2 is 1.91 bits per heavy atom. The first kappa shape index (κ1) is 23.0. The molecule has 1 saturated heterocycles. The molecular weight excluding hydrogens is 412 g/mol. The number of imidazole rings is 1. The molecule has 10 nitrogen and oxygen atoms in total. The Bertz CT molecular complexity index is 947. The molecule has 0 spiro atoms. The first-order chi connectivity index (χ1) is 15.3. The van der Waals surface area contributed by atoms with Crippen LogP contribution in [0.2, 0.25) is 0 Å². The number of nitrogens with zero attached hydrogens (tertiary/aromatic N) is 2. The maximum Gasteiger partial charge on any atom is 0.246 e. The first-order valence-electron chi connectivity index (χ1n) is 10.5. The molecule has 1 aromatic heterocycles. The lowest BCUT2D eigenvalue weighted by molar-refractivity contribution is -0.141. The van der Waals surface area contributed by atoms with Crippen LogP contribution in [0.5, 0.6) is 0 Å². The minimum atomic E-state index is -0.949. The second kappa shape index (κ2) is 10.6. The molecule has 4 amide bonds. The van der Waals surface area contributed by atoms with Gasteiger partial charge in [0.05, 0.1) is 6.33 Å². The van der Waals surface area contributed by atoms with Crippen molar-refractivity contribution in [2.45, 2.75) is 50.7 Å². The molecule has 0 saturated carbocycles. The summed E-state index contributed by atoms with van der Waals surface area (Å²) in [5.74, 6) is -1.80. The van der Waals surface area contributed by atoms with Crippen LogP contribution in [-0.4, -0.2) is 63.2 Å². The summed E-state index contributed by atoms with van der Waals surface area (Å²) in [5, 5.41) is 5.43. The zero-order chi connectivity index (χ0) is 23.1. The fraction of sp³-hybridized carbons (Fsp3) is 0.409. The number of amides is 4. The van der Waals surface area contributed by atoms with Gasteiger partial charge in [0.15, 0.2) is 0 Å². The van der Waals surface area contributed by atoms with Gasteiger partial charge >= 0.3 is 0 Å². The lowest BCUT2D eigenvalue weighted by atomic mass is 10.0. The number of aromatic amines is 1. The molecule has 1 aromatic carbocycles. The number of carbonyl (C=O) groups is 4. The Hall–Kier alpha value is -3.69. The van der Waals surface area contributed by atoms with E-state index in [0.29, 0.717) is 25.1 Å². The summed E-state index contributed by atoms with van der Waals surface area (Å²) in [7, 11) is 0. The third-order valence-electron chi connectivity index (χ3n) is 5.43. The van der Waals surface area contributed by atoms with E-state index in [1.807, 2.05) is 30.3 Å².